The zero-order chi connectivity index (χ0) is 21.1. The van der Waals surface area contributed by atoms with Gasteiger partial charge in [-0.3, -0.25) is 19.5 Å². The number of pyridine rings is 2. The first-order valence-electron chi connectivity index (χ1n) is 9.73. The van der Waals surface area contributed by atoms with Crippen molar-refractivity contribution in [3.05, 3.63) is 71.6 Å². The van der Waals surface area contributed by atoms with Gasteiger partial charge < -0.3 is 10.2 Å². The molecule has 0 saturated carbocycles. The van der Waals surface area contributed by atoms with Gasteiger partial charge in [0.2, 0.25) is 11.8 Å². The fraction of sp³-hybridized carbons (Fsp3) is 0.217. The van der Waals surface area contributed by atoms with Gasteiger partial charge in [0, 0.05) is 36.8 Å². The third-order valence-electron chi connectivity index (χ3n) is 4.95. The van der Waals surface area contributed by atoms with Crippen LogP contribution in [0.1, 0.15) is 16.8 Å². The van der Waals surface area contributed by atoms with E-state index < -0.39 is 0 Å². The van der Waals surface area contributed by atoms with Gasteiger partial charge in [-0.2, -0.15) is 0 Å². The highest BCUT2D eigenvalue weighted by Gasteiger charge is 2.17. The Hall–Kier alpha value is -3.58. The Morgan fingerprint density at radius 2 is 2.07 bits per heavy atom. The Kier molecular flexibility index (Phi) is 5.54. The van der Waals surface area contributed by atoms with E-state index in [0.717, 1.165) is 27.7 Å². The Labute approximate surface area is 175 Å². The molecule has 0 fully saturated rings. The lowest BCUT2D eigenvalue weighted by Crippen LogP contribution is -2.26. The molecule has 1 N–H and O–H groups in total. The lowest BCUT2D eigenvalue weighted by molar-refractivity contribution is -0.125. The minimum Gasteiger partial charge on any atom is -0.336 e. The number of carbonyl (C=O) groups is 2. The van der Waals surface area contributed by atoms with E-state index in [0.29, 0.717) is 25.5 Å². The normalized spacial score (nSPS) is 14.4. The number of likely N-dealkylation sites (N-methyl/N-ethyl adjacent to an activating group) is 2. The van der Waals surface area contributed by atoms with E-state index >= 15 is 0 Å². The standard InChI is InChI=1S/C23H23N5O2/c1-27-13-18-11-16(12-24-23(18)26-21(29)15-27)7-10-22(30)28(2)14-19-9-8-17-5-3-4-6-20(17)25-19/h3-12H,13-15H2,1-2H3,(H,24,26,29). The molecule has 0 saturated heterocycles. The lowest BCUT2D eigenvalue weighted by atomic mass is 10.1. The summed E-state index contributed by atoms with van der Waals surface area (Å²) in [4.78, 5) is 36.8. The first kappa shape index (κ1) is 19.7. The van der Waals surface area contributed by atoms with Crippen molar-refractivity contribution in [3.63, 3.8) is 0 Å². The fourth-order valence-electron chi connectivity index (χ4n) is 3.43. The van der Waals surface area contributed by atoms with Gasteiger partial charge in [-0.05, 0) is 36.9 Å². The minimum absolute atomic E-state index is 0.0776. The first-order valence-corrected chi connectivity index (χ1v) is 9.73. The second kappa shape index (κ2) is 8.42. The average molecular weight is 401 g/mol. The van der Waals surface area contributed by atoms with Crippen molar-refractivity contribution in [2.75, 3.05) is 26.0 Å². The highest BCUT2D eigenvalue weighted by atomic mass is 16.2. The molecular formula is C23H23N5O2. The fourth-order valence-corrected chi connectivity index (χ4v) is 3.43. The summed E-state index contributed by atoms with van der Waals surface area (Å²) in [7, 11) is 3.64. The van der Waals surface area contributed by atoms with Crippen LogP contribution < -0.4 is 5.32 Å². The summed E-state index contributed by atoms with van der Waals surface area (Å²) in [6.45, 7) is 1.37. The third kappa shape index (κ3) is 4.52. The molecule has 0 atom stereocenters. The van der Waals surface area contributed by atoms with E-state index in [-0.39, 0.29) is 11.8 Å². The Morgan fingerprint density at radius 1 is 1.23 bits per heavy atom. The van der Waals surface area contributed by atoms with E-state index in [9.17, 15) is 9.59 Å². The van der Waals surface area contributed by atoms with Crippen LogP contribution >= 0.6 is 0 Å². The molecule has 0 unspecified atom stereocenters. The minimum atomic E-state index is -0.120. The van der Waals surface area contributed by atoms with E-state index in [2.05, 4.69) is 15.3 Å². The summed E-state index contributed by atoms with van der Waals surface area (Å²) in [6, 6.07) is 13.8. The molecule has 4 rings (SSSR count). The number of para-hydroxylation sites is 1. The molecule has 1 aliphatic rings. The first-order chi connectivity index (χ1) is 14.5. The van der Waals surface area contributed by atoms with Gasteiger partial charge in [-0.15, -0.1) is 0 Å². The highest BCUT2D eigenvalue weighted by molar-refractivity contribution is 5.93. The SMILES string of the molecule is CN1CC(=O)Nc2ncc(C=CC(=O)N(C)Cc3ccc4ccccc4n3)cc2C1. The summed E-state index contributed by atoms with van der Waals surface area (Å²) < 4.78 is 0. The van der Waals surface area contributed by atoms with Gasteiger partial charge in [0.15, 0.2) is 0 Å². The number of rotatable bonds is 4. The van der Waals surface area contributed by atoms with Crippen LogP contribution in [0, 0.1) is 0 Å². The van der Waals surface area contributed by atoms with Gasteiger partial charge in [0.25, 0.3) is 0 Å². The maximum absolute atomic E-state index is 12.5. The molecule has 1 aromatic carbocycles. The zero-order valence-electron chi connectivity index (χ0n) is 17.0. The van der Waals surface area contributed by atoms with Crippen molar-refractivity contribution in [2.45, 2.75) is 13.1 Å². The molecule has 7 heteroatoms. The lowest BCUT2D eigenvalue weighted by Gasteiger charge is -2.15. The number of amides is 2. The highest BCUT2D eigenvalue weighted by Crippen LogP contribution is 2.19. The number of carbonyl (C=O) groups excluding carboxylic acids is 2. The van der Waals surface area contributed by atoms with Crippen LogP contribution in [0.5, 0.6) is 0 Å². The molecule has 7 nitrogen and oxygen atoms in total. The Bertz CT molecular complexity index is 1140. The molecule has 0 spiro atoms. The van der Waals surface area contributed by atoms with Gasteiger partial charge >= 0.3 is 0 Å². The van der Waals surface area contributed by atoms with E-state index in [1.807, 2.05) is 54.4 Å². The van der Waals surface area contributed by atoms with Crippen LogP contribution in [-0.2, 0) is 22.7 Å². The molecule has 152 valence electrons. The number of anilines is 1. The van der Waals surface area contributed by atoms with Crippen LogP contribution in [0.2, 0.25) is 0 Å². The molecule has 2 amide bonds. The number of nitrogens with one attached hydrogen (secondary N) is 1. The van der Waals surface area contributed by atoms with Crippen LogP contribution in [0.3, 0.4) is 0 Å². The molecule has 30 heavy (non-hydrogen) atoms. The molecule has 2 aromatic heterocycles. The number of nitrogens with zero attached hydrogens (tertiary/aromatic N) is 4. The topological polar surface area (TPSA) is 78.4 Å². The van der Waals surface area contributed by atoms with Crippen molar-refractivity contribution < 1.29 is 9.59 Å². The van der Waals surface area contributed by atoms with Gasteiger partial charge in [-0.1, -0.05) is 24.3 Å². The molecule has 0 bridgehead atoms. The summed E-state index contributed by atoms with van der Waals surface area (Å²) in [5.41, 5.74) is 3.48. The molecule has 3 heterocycles. The number of hydrogen-bond acceptors (Lipinski definition) is 5. The second-order valence-corrected chi connectivity index (χ2v) is 7.52. The monoisotopic (exact) mass is 401 g/mol. The van der Waals surface area contributed by atoms with Crippen LogP contribution in [0.15, 0.2) is 54.7 Å². The molecular weight excluding hydrogens is 378 g/mol. The number of hydrogen-bond donors (Lipinski definition) is 1. The smallest absolute Gasteiger partial charge is 0.246 e. The van der Waals surface area contributed by atoms with Crippen molar-refractivity contribution in [1.82, 2.24) is 19.8 Å². The van der Waals surface area contributed by atoms with Crippen molar-refractivity contribution in [1.29, 1.82) is 0 Å². The number of aromatic nitrogens is 2. The van der Waals surface area contributed by atoms with Crippen molar-refractivity contribution in [2.24, 2.45) is 0 Å². The molecule has 3 aromatic rings. The van der Waals surface area contributed by atoms with Crippen LogP contribution in [0.4, 0.5) is 5.82 Å². The largest absolute Gasteiger partial charge is 0.336 e. The Morgan fingerprint density at radius 3 is 2.93 bits per heavy atom. The summed E-state index contributed by atoms with van der Waals surface area (Å²) in [5, 5.41) is 3.88. The zero-order valence-corrected chi connectivity index (χ0v) is 17.0. The van der Waals surface area contributed by atoms with Gasteiger partial charge in [-0.25, -0.2) is 4.98 Å². The van der Waals surface area contributed by atoms with Crippen LogP contribution in [-0.4, -0.2) is 52.2 Å². The van der Waals surface area contributed by atoms with Crippen molar-refractivity contribution >= 4 is 34.6 Å². The molecule has 0 radical (unpaired) electrons. The average Bonchev–Trinajstić information content (AvgIpc) is 2.87. The third-order valence-corrected chi connectivity index (χ3v) is 4.95. The molecule has 0 aliphatic carbocycles. The van der Waals surface area contributed by atoms with Gasteiger partial charge in [0.1, 0.15) is 5.82 Å². The predicted octanol–water partition coefficient (Wildman–Crippen LogP) is 2.69. The van der Waals surface area contributed by atoms with E-state index in [1.54, 1.807) is 24.2 Å². The number of benzene rings is 1. The maximum Gasteiger partial charge on any atom is 0.246 e. The molecule has 1 aliphatic heterocycles. The maximum atomic E-state index is 12.5. The number of fused-ring (bicyclic) bond motifs is 2. The predicted molar refractivity (Wildman–Crippen MR) is 116 cm³/mol. The second-order valence-electron chi connectivity index (χ2n) is 7.52. The van der Waals surface area contributed by atoms with E-state index in [1.165, 1.54) is 6.08 Å². The van der Waals surface area contributed by atoms with Gasteiger partial charge in [0.05, 0.1) is 24.3 Å². The van der Waals surface area contributed by atoms with Crippen molar-refractivity contribution in [3.8, 4) is 0 Å². The van der Waals surface area contributed by atoms with Crippen LogP contribution in [0.25, 0.3) is 17.0 Å². The van der Waals surface area contributed by atoms with E-state index in [4.69, 9.17) is 0 Å². The quantitative estimate of drug-likeness (QED) is 0.680. The summed E-state index contributed by atoms with van der Waals surface area (Å²) in [5.74, 6) is 0.379. The summed E-state index contributed by atoms with van der Waals surface area (Å²) >= 11 is 0. The summed E-state index contributed by atoms with van der Waals surface area (Å²) in [6.07, 6.45) is 4.93. The Balaban J connectivity index is 1.44.